The van der Waals surface area contributed by atoms with Gasteiger partial charge < -0.3 is 4.74 Å². The molecule has 3 aromatic carbocycles. The van der Waals surface area contributed by atoms with Crippen LogP contribution in [0.1, 0.15) is 22.8 Å². The third kappa shape index (κ3) is 5.59. The molecule has 0 radical (unpaired) electrons. The molecule has 0 aliphatic heterocycles. The summed E-state index contributed by atoms with van der Waals surface area (Å²) >= 11 is 1.30. The summed E-state index contributed by atoms with van der Waals surface area (Å²) in [4.78, 5) is 17.4. The van der Waals surface area contributed by atoms with Crippen LogP contribution in [0.2, 0.25) is 0 Å². The zero-order valence-corrected chi connectivity index (χ0v) is 21.0. The van der Waals surface area contributed by atoms with Gasteiger partial charge in [-0.15, -0.1) is 11.3 Å². The molecule has 0 aliphatic rings. The van der Waals surface area contributed by atoms with Crippen LogP contribution in [0, 0.1) is 0 Å². The normalized spacial score (nSPS) is 11.4. The standard InChI is InChI=1S/C26H25N3O4S2/c1-3-29(17-19-9-5-4-6-10-19)35(31,32)21-15-13-20(14-16-21)25(30)28-26-27-23(18-34-26)22-11-7-8-12-24(22)33-2/h4-16,18H,3,17H2,1-2H3,(H,27,28,30). The summed E-state index contributed by atoms with van der Waals surface area (Å²) in [5.41, 5.74) is 2.77. The number of aromatic nitrogens is 1. The highest BCUT2D eigenvalue weighted by Crippen LogP contribution is 2.32. The summed E-state index contributed by atoms with van der Waals surface area (Å²) in [5.74, 6) is 0.326. The summed E-state index contributed by atoms with van der Waals surface area (Å²) in [5, 5.41) is 5.06. The van der Waals surface area contributed by atoms with Crippen molar-refractivity contribution in [2.75, 3.05) is 19.0 Å². The summed E-state index contributed by atoms with van der Waals surface area (Å²) in [6.07, 6.45) is 0. The fourth-order valence-electron chi connectivity index (χ4n) is 3.56. The molecule has 9 heteroatoms. The van der Waals surface area contributed by atoms with Gasteiger partial charge in [-0.05, 0) is 42.0 Å². The summed E-state index contributed by atoms with van der Waals surface area (Å²) in [6.45, 7) is 2.41. The van der Waals surface area contributed by atoms with Crippen LogP contribution < -0.4 is 10.1 Å². The van der Waals surface area contributed by atoms with E-state index in [1.54, 1.807) is 14.0 Å². The number of carbonyl (C=O) groups excluding carboxylic acids is 1. The largest absolute Gasteiger partial charge is 0.496 e. The first-order valence-corrected chi connectivity index (χ1v) is 13.3. The average Bonchev–Trinajstić information content (AvgIpc) is 3.36. The van der Waals surface area contributed by atoms with Gasteiger partial charge >= 0.3 is 0 Å². The van der Waals surface area contributed by atoms with Crippen LogP contribution in [0.3, 0.4) is 0 Å². The molecule has 4 aromatic rings. The van der Waals surface area contributed by atoms with Crippen molar-refractivity contribution in [1.82, 2.24) is 9.29 Å². The highest BCUT2D eigenvalue weighted by Gasteiger charge is 2.23. The molecule has 0 atom stereocenters. The van der Waals surface area contributed by atoms with E-state index in [4.69, 9.17) is 4.74 Å². The van der Waals surface area contributed by atoms with Crippen molar-refractivity contribution < 1.29 is 17.9 Å². The SMILES string of the molecule is CCN(Cc1ccccc1)S(=O)(=O)c1ccc(C(=O)Nc2nc(-c3ccccc3OC)cs2)cc1. The molecule has 0 saturated carbocycles. The summed E-state index contributed by atoms with van der Waals surface area (Å²) < 4.78 is 33.1. The Morgan fingerprint density at radius 3 is 2.37 bits per heavy atom. The smallest absolute Gasteiger partial charge is 0.257 e. The third-order valence-corrected chi connectivity index (χ3v) is 8.11. The Morgan fingerprint density at radius 2 is 1.69 bits per heavy atom. The molecule has 1 amide bonds. The van der Waals surface area contributed by atoms with Crippen LogP contribution in [0.15, 0.2) is 89.1 Å². The Morgan fingerprint density at radius 1 is 1.00 bits per heavy atom. The number of methoxy groups -OCH3 is 1. The number of ether oxygens (including phenoxy) is 1. The minimum Gasteiger partial charge on any atom is -0.496 e. The van der Waals surface area contributed by atoms with E-state index in [1.807, 2.05) is 60.0 Å². The zero-order valence-electron chi connectivity index (χ0n) is 19.3. The van der Waals surface area contributed by atoms with Crippen molar-refractivity contribution in [2.45, 2.75) is 18.4 Å². The number of thiazole rings is 1. The van der Waals surface area contributed by atoms with E-state index in [-0.39, 0.29) is 17.3 Å². The first-order chi connectivity index (χ1) is 16.9. The molecule has 0 bridgehead atoms. The molecule has 0 spiro atoms. The lowest BCUT2D eigenvalue weighted by Crippen LogP contribution is -2.30. The molecule has 7 nitrogen and oxygen atoms in total. The molecule has 4 rings (SSSR count). The van der Waals surface area contributed by atoms with E-state index in [0.29, 0.717) is 28.7 Å². The molecular formula is C26H25N3O4S2. The van der Waals surface area contributed by atoms with E-state index in [0.717, 1.165) is 11.1 Å². The van der Waals surface area contributed by atoms with Crippen LogP contribution in [-0.2, 0) is 16.6 Å². The molecule has 0 fully saturated rings. The second kappa shape index (κ2) is 10.8. The van der Waals surface area contributed by atoms with E-state index in [9.17, 15) is 13.2 Å². The van der Waals surface area contributed by atoms with Gasteiger partial charge in [-0.2, -0.15) is 4.31 Å². The van der Waals surface area contributed by atoms with Crippen molar-refractivity contribution in [3.63, 3.8) is 0 Å². The quantitative estimate of drug-likeness (QED) is 0.333. The van der Waals surface area contributed by atoms with Gasteiger partial charge in [0.15, 0.2) is 5.13 Å². The van der Waals surface area contributed by atoms with Gasteiger partial charge in [-0.1, -0.05) is 49.4 Å². The summed E-state index contributed by atoms with van der Waals surface area (Å²) in [6, 6.07) is 22.9. The Bertz CT molecular complexity index is 1400. The molecule has 0 saturated heterocycles. The third-order valence-electron chi connectivity index (χ3n) is 5.42. The lowest BCUT2D eigenvalue weighted by molar-refractivity contribution is 0.102. The highest BCUT2D eigenvalue weighted by molar-refractivity contribution is 7.89. The van der Waals surface area contributed by atoms with E-state index in [1.165, 1.54) is 39.9 Å². The number of benzene rings is 3. The molecular weight excluding hydrogens is 482 g/mol. The molecule has 1 aromatic heterocycles. The van der Waals surface area contributed by atoms with Gasteiger partial charge in [0.2, 0.25) is 10.0 Å². The minimum atomic E-state index is -3.71. The minimum absolute atomic E-state index is 0.138. The predicted octanol–water partition coefficient (Wildman–Crippen LogP) is 5.28. The lowest BCUT2D eigenvalue weighted by atomic mass is 10.1. The molecule has 35 heavy (non-hydrogen) atoms. The number of hydrogen-bond acceptors (Lipinski definition) is 6. The van der Waals surface area contributed by atoms with Gasteiger partial charge in [0.1, 0.15) is 5.75 Å². The summed E-state index contributed by atoms with van der Waals surface area (Å²) in [7, 11) is -2.11. The number of rotatable bonds is 9. The maximum Gasteiger partial charge on any atom is 0.257 e. The number of anilines is 1. The molecule has 1 heterocycles. The van der Waals surface area contributed by atoms with Gasteiger partial charge in [0.25, 0.3) is 5.91 Å². The fraction of sp³-hybridized carbons (Fsp3) is 0.154. The van der Waals surface area contributed by atoms with Crippen molar-refractivity contribution in [1.29, 1.82) is 0 Å². The van der Waals surface area contributed by atoms with Crippen LogP contribution in [-0.4, -0.2) is 37.3 Å². The van der Waals surface area contributed by atoms with Gasteiger partial charge in [0.05, 0.1) is 17.7 Å². The number of nitrogens with zero attached hydrogens (tertiary/aromatic N) is 2. The number of sulfonamides is 1. The van der Waals surface area contributed by atoms with Gasteiger partial charge in [-0.3, -0.25) is 10.1 Å². The van der Waals surface area contributed by atoms with Crippen LogP contribution in [0.5, 0.6) is 5.75 Å². The Hall–Kier alpha value is -3.53. The van der Waals surface area contributed by atoms with Crippen LogP contribution in [0.25, 0.3) is 11.3 Å². The maximum atomic E-state index is 13.1. The number of nitrogens with one attached hydrogen (secondary N) is 1. The number of amides is 1. The number of carbonyl (C=O) groups is 1. The first kappa shape index (κ1) is 24.6. The van der Waals surface area contributed by atoms with Crippen LogP contribution >= 0.6 is 11.3 Å². The van der Waals surface area contributed by atoms with Crippen molar-refractivity contribution in [3.8, 4) is 17.0 Å². The monoisotopic (exact) mass is 507 g/mol. The molecule has 0 unspecified atom stereocenters. The van der Waals surface area contributed by atoms with Crippen LogP contribution in [0.4, 0.5) is 5.13 Å². The van der Waals surface area contributed by atoms with Gasteiger partial charge in [-0.25, -0.2) is 13.4 Å². The first-order valence-electron chi connectivity index (χ1n) is 11.0. The lowest BCUT2D eigenvalue weighted by Gasteiger charge is -2.20. The Labute approximate surface area is 209 Å². The Kier molecular flexibility index (Phi) is 7.60. The topological polar surface area (TPSA) is 88.6 Å². The molecule has 0 aliphatic carbocycles. The second-order valence-corrected chi connectivity index (χ2v) is 10.4. The highest BCUT2D eigenvalue weighted by atomic mass is 32.2. The molecule has 180 valence electrons. The van der Waals surface area contributed by atoms with Crippen molar-refractivity contribution >= 4 is 32.4 Å². The fourth-order valence-corrected chi connectivity index (χ4v) is 5.70. The van der Waals surface area contributed by atoms with Crippen molar-refractivity contribution in [3.05, 3.63) is 95.4 Å². The van der Waals surface area contributed by atoms with E-state index < -0.39 is 10.0 Å². The number of para-hydroxylation sites is 1. The average molecular weight is 508 g/mol. The predicted molar refractivity (Wildman–Crippen MR) is 138 cm³/mol. The van der Waals surface area contributed by atoms with E-state index in [2.05, 4.69) is 10.3 Å². The van der Waals surface area contributed by atoms with Gasteiger partial charge in [0, 0.05) is 29.6 Å². The van der Waals surface area contributed by atoms with E-state index >= 15 is 0 Å². The Balaban J connectivity index is 1.47. The van der Waals surface area contributed by atoms with Crippen molar-refractivity contribution in [2.24, 2.45) is 0 Å². The zero-order chi connectivity index (χ0) is 24.8. The number of hydrogen-bond donors (Lipinski definition) is 1. The molecule has 1 N–H and O–H groups in total. The maximum absolute atomic E-state index is 13.1. The second-order valence-electron chi connectivity index (χ2n) is 7.63.